The van der Waals surface area contributed by atoms with Crippen LogP contribution < -0.4 is 10.2 Å². The first-order chi connectivity index (χ1) is 9.01. The maximum Gasteiger partial charge on any atom is 0.318 e. The van der Waals surface area contributed by atoms with Gasteiger partial charge in [-0.2, -0.15) is 0 Å². The summed E-state index contributed by atoms with van der Waals surface area (Å²) in [6.07, 6.45) is 5.25. The van der Waals surface area contributed by atoms with Gasteiger partial charge in [-0.25, -0.2) is 0 Å². The molecule has 1 aromatic heterocycles. The summed E-state index contributed by atoms with van der Waals surface area (Å²) < 4.78 is 5.81. The van der Waals surface area contributed by atoms with Crippen LogP contribution in [0.3, 0.4) is 0 Å². The molecular formula is C14H24N4O. The number of hydrogen-bond donors (Lipinski definition) is 1. The average molecular weight is 264 g/mol. The first-order valence-corrected chi connectivity index (χ1v) is 7.35. The van der Waals surface area contributed by atoms with Gasteiger partial charge in [0.2, 0.25) is 5.89 Å². The summed E-state index contributed by atoms with van der Waals surface area (Å²) in [6, 6.07) is 1.37. The Balaban J connectivity index is 1.61. The largest absolute Gasteiger partial charge is 0.407 e. The first kappa shape index (κ1) is 12.9. The molecule has 1 heterocycles. The molecule has 0 amide bonds. The van der Waals surface area contributed by atoms with E-state index in [1.807, 2.05) is 0 Å². The number of nitrogens with one attached hydrogen (secondary N) is 1. The summed E-state index contributed by atoms with van der Waals surface area (Å²) in [7, 11) is 0. The highest BCUT2D eigenvalue weighted by molar-refractivity contribution is 5.30. The number of nitrogens with zero attached hydrogens (tertiary/aromatic N) is 3. The van der Waals surface area contributed by atoms with Crippen molar-refractivity contribution in [3.05, 3.63) is 5.89 Å². The highest BCUT2D eigenvalue weighted by atomic mass is 16.4. The highest BCUT2D eigenvalue weighted by Gasteiger charge is 2.36. The van der Waals surface area contributed by atoms with Crippen LogP contribution in [0.1, 0.15) is 52.3 Å². The molecule has 1 N–H and O–H groups in total. The van der Waals surface area contributed by atoms with Crippen molar-refractivity contribution in [1.29, 1.82) is 0 Å². The van der Waals surface area contributed by atoms with E-state index in [4.69, 9.17) is 4.42 Å². The van der Waals surface area contributed by atoms with E-state index in [1.54, 1.807) is 0 Å². The molecule has 2 saturated carbocycles. The Morgan fingerprint density at radius 3 is 2.53 bits per heavy atom. The smallest absolute Gasteiger partial charge is 0.318 e. The summed E-state index contributed by atoms with van der Waals surface area (Å²) >= 11 is 0. The fourth-order valence-electron chi connectivity index (χ4n) is 2.12. The molecule has 19 heavy (non-hydrogen) atoms. The second-order valence-corrected chi connectivity index (χ2v) is 6.91. The van der Waals surface area contributed by atoms with E-state index in [2.05, 4.69) is 41.2 Å². The van der Waals surface area contributed by atoms with Crippen LogP contribution in [-0.4, -0.2) is 28.3 Å². The van der Waals surface area contributed by atoms with Crippen LogP contribution in [0.2, 0.25) is 0 Å². The van der Waals surface area contributed by atoms with E-state index in [0.717, 1.165) is 18.5 Å². The van der Waals surface area contributed by atoms with Gasteiger partial charge in [0.25, 0.3) is 0 Å². The number of aromatic nitrogens is 2. The van der Waals surface area contributed by atoms with E-state index in [-0.39, 0.29) is 5.54 Å². The zero-order valence-corrected chi connectivity index (χ0v) is 12.1. The third-order valence-corrected chi connectivity index (χ3v) is 3.61. The molecule has 5 heteroatoms. The van der Waals surface area contributed by atoms with Gasteiger partial charge in [-0.15, -0.1) is 5.10 Å². The second-order valence-electron chi connectivity index (χ2n) is 6.91. The van der Waals surface area contributed by atoms with Gasteiger partial charge < -0.3 is 14.6 Å². The lowest BCUT2D eigenvalue weighted by Gasteiger charge is -2.20. The molecule has 2 aliphatic carbocycles. The van der Waals surface area contributed by atoms with Crippen molar-refractivity contribution in [2.45, 2.75) is 64.6 Å². The van der Waals surface area contributed by atoms with Crippen LogP contribution in [0.4, 0.5) is 6.01 Å². The summed E-state index contributed by atoms with van der Waals surface area (Å²) in [4.78, 5) is 2.32. The molecule has 0 saturated heterocycles. The van der Waals surface area contributed by atoms with Crippen molar-refractivity contribution in [1.82, 2.24) is 15.5 Å². The van der Waals surface area contributed by atoms with Gasteiger partial charge in [0.1, 0.15) is 0 Å². The van der Waals surface area contributed by atoms with E-state index < -0.39 is 0 Å². The van der Waals surface area contributed by atoms with Gasteiger partial charge in [0.15, 0.2) is 0 Å². The minimum Gasteiger partial charge on any atom is -0.407 e. The average Bonchev–Trinajstić information content (AvgIpc) is 3.22. The Bertz CT molecular complexity index is 429. The summed E-state index contributed by atoms with van der Waals surface area (Å²) in [5.74, 6) is 1.54. The Hall–Kier alpha value is -1.10. The highest BCUT2D eigenvalue weighted by Crippen LogP contribution is 2.37. The molecule has 5 nitrogen and oxygen atoms in total. The minimum atomic E-state index is 0.0683. The maximum absolute atomic E-state index is 5.81. The van der Waals surface area contributed by atoms with Gasteiger partial charge >= 0.3 is 6.01 Å². The van der Waals surface area contributed by atoms with Gasteiger partial charge in [-0.1, -0.05) is 5.10 Å². The molecule has 106 valence electrons. The monoisotopic (exact) mass is 264 g/mol. The predicted octanol–water partition coefficient (Wildman–Crippen LogP) is 2.34. The summed E-state index contributed by atoms with van der Waals surface area (Å²) in [5, 5.41) is 11.8. The molecule has 1 aromatic rings. The van der Waals surface area contributed by atoms with Crippen molar-refractivity contribution in [2.24, 2.45) is 5.92 Å². The van der Waals surface area contributed by atoms with Crippen molar-refractivity contribution in [2.75, 3.05) is 11.4 Å². The molecule has 3 rings (SSSR count). The van der Waals surface area contributed by atoms with E-state index in [9.17, 15) is 0 Å². The quantitative estimate of drug-likeness (QED) is 0.854. The Kier molecular flexibility index (Phi) is 3.25. The standard InChI is InChI=1S/C14H24N4O/c1-14(2,3)15-8-12-16-17-13(19-12)18(11-6-7-11)9-10-4-5-10/h10-11,15H,4-9H2,1-3H3. The lowest BCUT2D eigenvalue weighted by atomic mass is 10.1. The normalized spacial score (nSPS) is 19.7. The second kappa shape index (κ2) is 4.78. The molecule has 2 fully saturated rings. The van der Waals surface area contributed by atoms with Crippen LogP contribution in [0.25, 0.3) is 0 Å². The topological polar surface area (TPSA) is 54.2 Å². The molecule has 0 atom stereocenters. The molecule has 0 bridgehead atoms. The van der Waals surface area contributed by atoms with Crippen LogP contribution in [0.5, 0.6) is 0 Å². The lowest BCUT2D eigenvalue weighted by Crippen LogP contribution is -2.35. The summed E-state index contributed by atoms with van der Waals surface area (Å²) in [5.41, 5.74) is 0.0683. The third-order valence-electron chi connectivity index (χ3n) is 3.61. The van der Waals surface area contributed by atoms with Gasteiger partial charge in [0.05, 0.1) is 6.54 Å². The van der Waals surface area contributed by atoms with Crippen molar-refractivity contribution in [3.63, 3.8) is 0 Å². The number of rotatable bonds is 6. The molecule has 0 aliphatic heterocycles. The zero-order valence-electron chi connectivity index (χ0n) is 12.1. The molecule has 0 unspecified atom stereocenters. The minimum absolute atomic E-state index is 0.0683. The van der Waals surface area contributed by atoms with Crippen LogP contribution >= 0.6 is 0 Å². The SMILES string of the molecule is CC(C)(C)NCc1nnc(N(CC2CC2)C2CC2)o1. The van der Waals surface area contributed by atoms with Crippen molar-refractivity contribution in [3.8, 4) is 0 Å². The maximum atomic E-state index is 5.81. The van der Waals surface area contributed by atoms with Gasteiger partial charge in [-0.3, -0.25) is 0 Å². The van der Waals surface area contributed by atoms with E-state index in [1.165, 1.54) is 25.7 Å². The summed E-state index contributed by atoms with van der Waals surface area (Å²) in [6.45, 7) is 8.13. The lowest BCUT2D eigenvalue weighted by molar-refractivity contribution is 0.380. The molecule has 0 spiro atoms. The molecule has 2 aliphatic rings. The fraction of sp³-hybridized carbons (Fsp3) is 0.857. The molecule has 0 radical (unpaired) electrons. The fourth-order valence-corrected chi connectivity index (χ4v) is 2.12. The van der Waals surface area contributed by atoms with Crippen molar-refractivity contribution >= 4 is 6.01 Å². The zero-order chi connectivity index (χ0) is 13.5. The molecular weight excluding hydrogens is 240 g/mol. The van der Waals surface area contributed by atoms with Gasteiger partial charge in [-0.05, 0) is 52.4 Å². The van der Waals surface area contributed by atoms with E-state index in [0.29, 0.717) is 18.5 Å². The Labute approximate surface area is 114 Å². The van der Waals surface area contributed by atoms with E-state index >= 15 is 0 Å². The van der Waals surface area contributed by atoms with Crippen LogP contribution in [0.15, 0.2) is 4.42 Å². The van der Waals surface area contributed by atoms with Crippen LogP contribution in [-0.2, 0) is 6.54 Å². The Morgan fingerprint density at radius 2 is 1.95 bits per heavy atom. The Morgan fingerprint density at radius 1 is 1.21 bits per heavy atom. The van der Waals surface area contributed by atoms with Crippen molar-refractivity contribution < 1.29 is 4.42 Å². The van der Waals surface area contributed by atoms with Gasteiger partial charge in [0, 0.05) is 18.1 Å². The molecule has 0 aromatic carbocycles. The number of anilines is 1. The first-order valence-electron chi connectivity index (χ1n) is 7.35. The predicted molar refractivity (Wildman–Crippen MR) is 74.0 cm³/mol. The third kappa shape index (κ3) is 3.69. The number of hydrogen-bond acceptors (Lipinski definition) is 5. The van der Waals surface area contributed by atoms with Crippen LogP contribution in [0, 0.1) is 5.92 Å².